The molecule has 1 aromatic heterocycles. The van der Waals surface area contributed by atoms with Crippen molar-refractivity contribution in [3.05, 3.63) is 41.1 Å². The molecule has 0 spiro atoms. The van der Waals surface area contributed by atoms with E-state index in [4.69, 9.17) is 14.2 Å². The number of piperazine rings is 1. The smallest absolute Gasteiger partial charge is 0.409 e. The summed E-state index contributed by atoms with van der Waals surface area (Å²) in [6, 6.07) is 5.96. The molecule has 4 rings (SSSR count). The Kier molecular flexibility index (Phi) is 10.7. The highest BCUT2D eigenvalue weighted by Crippen LogP contribution is 2.39. The Labute approximate surface area is 261 Å². The fraction of sp³-hybridized carbons (Fsp3) is 0.548. The van der Waals surface area contributed by atoms with Gasteiger partial charge in [-0.2, -0.15) is 5.10 Å². The monoisotopic (exact) mass is 627 g/mol. The highest BCUT2D eigenvalue weighted by atomic mass is 16.6. The lowest BCUT2D eigenvalue weighted by Crippen LogP contribution is -2.56. The minimum absolute atomic E-state index is 0.0808. The van der Waals surface area contributed by atoms with E-state index >= 15 is 0 Å². The zero-order chi connectivity index (χ0) is 32.7. The average Bonchev–Trinajstić information content (AvgIpc) is 3.40. The molecule has 2 fully saturated rings. The predicted molar refractivity (Wildman–Crippen MR) is 160 cm³/mol. The molecule has 14 heteroatoms. The Bertz CT molecular complexity index is 1410. The van der Waals surface area contributed by atoms with Gasteiger partial charge < -0.3 is 34.4 Å². The second-order valence-corrected chi connectivity index (χ2v) is 11.3. The maximum Gasteiger partial charge on any atom is 0.409 e. The number of ether oxygens (including phenoxy) is 3. The first-order valence-electron chi connectivity index (χ1n) is 15.2. The van der Waals surface area contributed by atoms with Gasteiger partial charge >= 0.3 is 18.0 Å². The van der Waals surface area contributed by atoms with Crippen LogP contribution in [-0.4, -0.2) is 106 Å². The van der Waals surface area contributed by atoms with Crippen molar-refractivity contribution in [3.8, 4) is 11.6 Å². The van der Waals surface area contributed by atoms with Gasteiger partial charge in [0.2, 0.25) is 17.4 Å². The molecule has 1 aromatic carbocycles. The molecule has 0 radical (unpaired) electrons. The van der Waals surface area contributed by atoms with Crippen molar-refractivity contribution in [3.63, 3.8) is 0 Å². The molecular weight excluding hydrogens is 586 g/mol. The van der Waals surface area contributed by atoms with E-state index in [0.29, 0.717) is 18.5 Å². The third-order valence-electron chi connectivity index (χ3n) is 7.84. The summed E-state index contributed by atoms with van der Waals surface area (Å²) in [5.74, 6) is -2.63. The third-order valence-corrected chi connectivity index (χ3v) is 7.84. The van der Waals surface area contributed by atoms with Crippen LogP contribution in [0.25, 0.3) is 5.69 Å². The molecule has 2 aliphatic rings. The van der Waals surface area contributed by atoms with Gasteiger partial charge in [-0.1, -0.05) is 6.07 Å². The number of carboxylic acids is 1. The van der Waals surface area contributed by atoms with Gasteiger partial charge in [0.1, 0.15) is 6.04 Å². The van der Waals surface area contributed by atoms with Crippen LogP contribution in [-0.2, 0) is 23.9 Å². The Morgan fingerprint density at radius 1 is 0.933 bits per heavy atom. The summed E-state index contributed by atoms with van der Waals surface area (Å²) < 4.78 is 18.0. The first kappa shape index (κ1) is 33.3. The minimum Gasteiger partial charge on any atom is -0.481 e. The third kappa shape index (κ3) is 7.91. The van der Waals surface area contributed by atoms with E-state index in [0.717, 1.165) is 17.5 Å². The van der Waals surface area contributed by atoms with Crippen molar-refractivity contribution in [1.82, 2.24) is 24.9 Å². The second kappa shape index (κ2) is 14.4. The second-order valence-electron chi connectivity index (χ2n) is 11.3. The van der Waals surface area contributed by atoms with E-state index < -0.39 is 41.5 Å². The minimum atomic E-state index is -1.20. The maximum absolute atomic E-state index is 13.6. The van der Waals surface area contributed by atoms with Gasteiger partial charge in [-0.25, -0.2) is 14.3 Å². The standard InChI is InChI=1S/C31H41N5O9/c1-5-43-29(41)31(10-7-11-31)45-25-19-24(33-36(25)22-17-20(3)16-21(4)18-22)27(39)32-23(8-9-26(37)38)28(40)34-12-14-35(15-13-34)30(42)44-6-2/h16-19,23H,5-15H2,1-4H3,(H,32,39)(H,37,38)/t23-/m0/s1. The van der Waals surface area contributed by atoms with E-state index in [9.17, 15) is 29.1 Å². The van der Waals surface area contributed by atoms with Crippen LogP contribution in [0.2, 0.25) is 0 Å². The number of carbonyl (C=O) groups excluding carboxylic acids is 4. The number of aromatic nitrogens is 2. The molecule has 1 saturated carbocycles. The number of nitrogens with zero attached hydrogens (tertiary/aromatic N) is 4. The quantitative estimate of drug-likeness (QED) is 0.334. The fourth-order valence-corrected chi connectivity index (χ4v) is 5.42. The van der Waals surface area contributed by atoms with Crippen LogP contribution >= 0.6 is 0 Å². The number of hydrogen-bond acceptors (Lipinski definition) is 9. The first-order chi connectivity index (χ1) is 21.5. The molecule has 0 bridgehead atoms. The average molecular weight is 628 g/mol. The molecule has 45 heavy (non-hydrogen) atoms. The number of amides is 3. The molecule has 2 heterocycles. The Hall–Kier alpha value is -4.62. The normalized spacial score (nSPS) is 16.3. The zero-order valence-electron chi connectivity index (χ0n) is 26.2. The molecule has 1 saturated heterocycles. The number of rotatable bonds is 12. The lowest BCUT2D eigenvalue weighted by Gasteiger charge is -2.38. The molecule has 2 aromatic rings. The van der Waals surface area contributed by atoms with E-state index in [1.54, 1.807) is 13.8 Å². The van der Waals surface area contributed by atoms with Gasteiger partial charge in [0.05, 0.1) is 18.9 Å². The molecule has 1 atom stereocenters. The first-order valence-corrected chi connectivity index (χ1v) is 15.2. The highest BCUT2D eigenvalue weighted by molar-refractivity contribution is 5.96. The van der Waals surface area contributed by atoms with E-state index in [2.05, 4.69) is 10.4 Å². The van der Waals surface area contributed by atoms with Gasteiger partial charge in [-0.05, 0) is 76.6 Å². The fourth-order valence-electron chi connectivity index (χ4n) is 5.42. The van der Waals surface area contributed by atoms with Gasteiger partial charge in [0.15, 0.2) is 5.69 Å². The SMILES string of the molecule is CCOC(=O)N1CCN(C(=O)[C@H](CCC(=O)O)NC(=O)c2cc(OC3(C(=O)OCC)CCC3)n(-c3cc(C)cc(C)c3)n2)CC1. The predicted octanol–water partition coefficient (Wildman–Crippen LogP) is 2.62. The van der Waals surface area contributed by atoms with Crippen LogP contribution in [0.15, 0.2) is 24.3 Å². The molecule has 0 unspecified atom stereocenters. The van der Waals surface area contributed by atoms with Gasteiger partial charge in [-0.15, -0.1) is 0 Å². The molecule has 1 aliphatic heterocycles. The molecule has 244 valence electrons. The topological polar surface area (TPSA) is 170 Å². The van der Waals surface area contributed by atoms with E-state index in [1.165, 1.54) is 20.5 Å². The Morgan fingerprint density at radius 3 is 2.11 bits per heavy atom. The van der Waals surface area contributed by atoms with Crippen LogP contribution < -0.4 is 10.1 Å². The van der Waals surface area contributed by atoms with Crippen LogP contribution in [0.5, 0.6) is 5.88 Å². The Morgan fingerprint density at radius 2 is 1.56 bits per heavy atom. The van der Waals surface area contributed by atoms with Crippen LogP contribution in [0.4, 0.5) is 4.79 Å². The van der Waals surface area contributed by atoms with E-state index in [-0.39, 0.29) is 63.8 Å². The number of esters is 1. The lowest BCUT2D eigenvalue weighted by atomic mass is 9.80. The highest BCUT2D eigenvalue weighted by Gasteiger charge is 2.49. The summed E-state index contributed by atoms with van der Waals surface area (Å²) in [5.41, 5.74) is 1.22. The molecule has 2 N–H and O–H groups in total. The van der Waals surface area contributed by atoms with Crippen LogP contribution in [0, 0.1) is 13.8 Å². The molecule has 14 nitrogen and oxygen atoms in total. The summed E-state index contributed by atoms with van der Waals surface area (Å²) in [5, 5.41) is 16.5. The molecular formula is C31H41N5O9. The molecule has 1 aliphatic carbocycles. The Balaban J connectivity index is 1.59. The van der Waals surface area contributed by atoms with Crippen molar-refractivity contribution >= 4 is 29.8 Å². The molecule has 3 amide bonds. The number of carbonyl (C=O) groups is 5. The zero-order valence-corrected chi connectivity index (χ0v) is 26.2. The number of benzene rings is 1. The van der Waals surface area contributed by atoms with Gasteiger partial charge in [0, 0.05) is 38.7 Å². The number of aliphatic carboxylic acids is 1. The van der Waals surface area contributed by atoms with Crippen molar-refractivity contribution in [1.29, 1.82) is 0 Å². The summed E-state index contributed by atoms with van der Waals surface area (Å²) >= 11 is 0. The number of hydrogen-bond donors (Lipinski definition) is 2. The van der Waals surface area contributed by atoms with Gasteiger partial charge in [0.25, 0.3) is 5.91 Å². The van der Waals surface area contributed by atoms with Crippen molar-refractivity contribution in [2.75, 3.05) is 39.4 Å². The van der Waals surface area contributed by atoms with Crippen molar-refractivity contribution in [2.24, 2.45) is 0 Å². The summed E-state index contributed by atoms with van der Waals surface area (Å²) in [7, 11) is 0. The van der Waals surface area contributed by atoms with Crippen LogP contribution in [0.1, 0.15) is 67.6 Å². The van der Waals surface area contributed by atoms with Crippen molar-refractivity contribution in [2.45, 2.75) is 71.4 Å². The lowest BCUT2D eigenvalue weighted by molar-refractivity contribution is -0.170. The number of aryl methyl sites for hydroxylation is 2. The van der Waals surface area contributed by atoms with Crippen LogP contribution in [0.3, 0.4) is 0 Å². The largest absolute Gasteiger partial charge is 0.481 e. The maximum atomic E-state index is 13.6. The summed E-state index contributed by atoms with van der Waals surface area (Å²) in [6.07, 6.45) is 0.689. The van der Waals surface area contributed by atoms with Crippen molar-refractivity contribution < 1.29 is 43.3 Å². The van der Waals surface area contributed by atoms with Gasteiger partial charge in [-0.3, -0.25) is 14.4 Å². The number of nitrogens with one attached hydrogen (secondary N) is 1. The summed E-state index contributed by atoms with van der Waals surface area (Å²) in [4.78, 5) is 66.4. The number of carboxylic acid groups (broad SMARTS) is 1. The summed E-state index contributed by atoms with van der Waals surface area (Å²) in [6.45, 7) is 8.58. The van der Waals surface area contributed by atoms with E-state index in [1.807, 2.05) is 32.0 Å².